The maximum absolute atomic E-state index is 8.81. The zero-order chi connectivity index (χ0) is 10.3. The second-order valence-electron chi connectivity index (χ2n) is 2.12. The highest BCUT2D eigenvalue weighted by Gasteiger charge is 2.14. The van der Waals surface area contributed by atoms with Crippen molar-refractivity contribution < 1.29 is 14.8 Å². The summed E-state index contributed by atoms with van der Waals surface area (Å²) in [4.78, 5) is 0. The minimum Gasteiger partial charge on any atom is -0.497 e. The molecule has 0 aromatic heterocycles. The summed E-state index contributed by atoms with van der Waals surface area (Å²) in [6.45, 7) is 4.00. The van der Waals surface area contributed by atoms with Crippen LogP contribution in [0.15, 0.2) is 24.3 Å². The zero-order valence-corrected chi connectivity index (χ0v) is 8.19. The van der Waals surface area contributed by atoms with Crippen molar-refractivity contribution >= 4 is 12.6 Å². The molecule has 3 nitrogen and oxygen atoms in total. The molecule has 72 valence electrons. The number of hydrogen-bond acceptors (Lipinski definition) is 3. The van der Waals surface area contributed by atoms with Crippen LogP contribution >= 0.6 is 0 Å². The number of hydrogen-bond donors (Lipinski definition) is 2. The summed E-state index contributed by atoms with van der Waals surface area (Å²) in [5.41, 5.74) is 0.384. The topological polar surface area (TPSA) is 49.7 Å². The van der Waals surface area contributed by atoms with Gasteiger partial charge in [-0.2, -0.15) is 0 Å². The lowest BCUT2D eigenvalue weighted by molar-refractivity contribution is 0.403. The summed E-state index contributed by atoms with van der Waals surface area (Å²) in [6, 6.07) is 6.76. The molecule has 0 unspecified atom stereocenters. The second kappa shape index (κ2) is 6.51. The molecular weight excluding hydrogens is 167 g/mol. The molecule has 1 aromatic rings. The molecular formula is C9H15BO3. The van der Waals surface area contributed by atoms with Crippen molar-refractivity contribution in [3.05, 3.63) is 24.3 Å². The first kappa shape index (κ1) is 12.0. The maximum Gasteiger partial charge on any atom is 0.492 e. The average molecular weight is 182 g/mol. The smallest absolute Gasteiger partial charge is 0.492 e. The van der Waals surface area contributed by atoms with E-state index in [1.807, 2.05) is 13.8 Å². The quantitative estimate of drug-likeness (QED) is 0.651. The van der Waals surface area contributed by atoms with Gasteiger partial charge in [0.25, 0.3) is 0 Å². The van der Waals surface area contributed by atoms with Gasteiger partial charge < -0.3 is 14.8 Å². The predicted molar refractivity (Wildman–Crippen MR) is 54.2 cm³/mol. The van der Waals surface area contributed by atoms with Gasteiger partial charge in [-0.1, -0.05) is 32.0 Å². The molecule has 0 aliphatic heterocycles. The Morgan fingerprint density at radius 1 is 1.15 bits per heavy atom. The van der Waals surface area contributed by atoms with Crippen molar-refractivity contribution in [1.29, 1.82) is 0 Å². The lowest BCUT2D eigenvalue weighted by Crippen LogP contribution is -2.30. The third-order valence-electron chi connectivity index (χ3n) is 1.42. The van der Waals surface area contributed by atoms with Crippen LogP contribution in [0.25, 0.3) is 0 Å². The van der Waals surface area contributed by atoms with E-state index >= 15 is 0 Å². The Morgan fingerprint density at radius 2 is 1.69 bits per heavy atom. The normalized spacial score (nSPS) is 8.38. The number of para-hydroxylation sites is 1. The molecule has 0 atom stereocenters. The minimum atomic E-state index is -1.47. The molecule has 0 amide bonds. The van der Waals surface area contributed by atoms with E-state index in [-0.39, 0.29) is 0 Å². The van der Waals surface area contributed by atoms with E-state index in [0.29, 0.717) is 11.2 Å². The monoisotopic (exact) mass is 182 g/mol. The van der Waals surface area contributed by atoms with Crippen LogP contribution in [0, 0.1) is 0 Å². The lowest BCUT2D eigenvalue weighted by Gasteiger charge is -2.05. The number of ether oxygens (including phenoxy) is 1. The van der Waals surface area contributed by atoms with Crippen molar-refractivity contribution in [3.63, 3.8) is 0 Å². The van der Waals surface area contributed by atoms with Crippen LogP contribution in [0.1, 0.15) is 13.8 Å². The van der Waals surface area contributed by atoms with Crippen LogP contribution in [0.2, 0.25) is 0 Å². The summed E-state index contributed by atoms with van der Waals surface area (Å²) in [5.74, 6) is 0.488. The minimum absolute atomic E-state index is 0.384. The van der Waals surface area contributed by atoms with Gasteiger partial charge in [0, 0.05) is 5.46 Å². The van der Waals surface area contributed by atoms with Gasteiger partial charge in [0.15, 0.2) is 0 Å². The molecule has 0 saturated heterocycles. The zero-order valence-electron chi connectivity index (χ0n) is 8.19. The van der Waals surface area contributed by atoms with Crippen molar-refractivity contribution in [2.24, 2.45) is 0 Å². The average Bonchev–Trinajstić information content (AvgIpc) is 2.20. The van der Waals surface area contributed by atoms with E-state index in [2.05, 4.69) is 0 Å². The molecule has 2 N–H and O–H groups in total. The highest BCUT2D eigenvalue weighted by atomic mass is 16.5. The predicted octanol–water partition coefficient (Wildman–Crippen LogP) is 0.401. The standard InChI is InChI=1S/C7H9BO3.C2H6/c1-11-7-5-3-2-4-6(7)8(9)10;1-2/h2-5,9-10H,1H3;1-2H3. The molecule has 13 heavy (non-hydrogen) atoms. The van der Waals surface area contributed by atoms with E-state index < -0.39 is 7.12 Å². The summed E-state index contributed by atoms with van der Waals surface area (Å²) in [5, 5.41) is 17.6. The fraction of sp³-hybridized carbons (Fsp3) is 0.333. The first-order valence-corrected chi connectivity index (χ1v) is 4.24. The van der Waals surface area contributed by atoms with Gasteiger partial charge in [0.1, 0.15) is 5.75 Å². The summed E-state index contributed by atoms with van der Waals surface area (Å²) < 4.78 is 4.89. The summed E-state index contributed by atoms with van der Waals surface area (Å²) >= 11 is 0. The van der Waals surface area contributed by atoms with Crippen LogP contribution < -0.4 is 10.2 Å². The Kier molecular flexibility index (Phi) is 6.01. The van der Waals surface area contributed by atoms with Crippen molar-refractivity contribution in [3.8, 4) is 5.75 Å². The van der Waals surface area contributed by atoms with Crippen LogP contribution in [0.4, 0.5) is 0 Å². The summed E-state index contributed by atoms with van der Waals surface area (Å²) in [6.07, 6.45) is 0. The number of benzene rings is 1. The van der Waals surface area contributed by atoms with E-state index in [4.69, 9.17) is 14.8 Å². The molecule has 0 aliphatic carbocycles. The van der Waals surface area contributed by atoms with Crippen LogP contribution in [-0.4, -0.2) is 24.3 Å². The van der Waals surface area contributed by atoms with Crippen molar-refractivity contribution in [2.45, 2.75) is 13.8 Å². The third kappa shape index (κ3) is 3.48. The second-order valence-corrected chi connectivity index (χ2v) is 2.12. The van der Waals surface area contributed by atoms with Gasteiger partial charge in [-0.25, -0.2) is 0 Å². The third-order valence-corrected chi connectivity index (χ3v) is 1.42. The molecule has 0 aliphatic rings. The van der Waals surface area contributed by atoms with Crippen molar-refractivity contribution in [2.75, 3.05) is 7.11 Å². The Morgan fingerprint density at radius 3 is 2.08 bits per heavy atom. The van der Waals surface area contributed by atoms with Gasteiger partial charge in [-0.3, -0.25) is 0 Å². The first-order chi connectivity index (χ1) is 6.25. The van der Waals surface area contributed by atoms with E-state index in [1.165, 1.54) is 7.11 Å². The van der Waals surface area contributed by atoms with E-state index in [1.54, 1.807) is 24.3 Å². The van der Waals surface area contributed by atoms with E-state index in [0.717, 1.165) is 0 Å². The van der Waals surface area contributed by atoms with Crippen LogP contribution in [0.3, 0.4) is 0 Å². The van der Waals surface area contributed by atoms with Crippen LogP contribution in [-0.2, 0) is 0 Å². The number of rotatable bonds is 2. The molecule has 1 rings (SSSR count). The highest BCUT2D eigenvalue weighted by molar-refractivity contribution is 6.59. The maximum atomic E-state index is 8.81. The fourth-order valence-corrected chi connectivity index (χ4v) is 0.880. The van der Waals surface area contributed by atoms with Gasteiger partial charge in [-0.15, -0.1) is 0 Å². The lowest BCUT2D eigenvalue weighted by atomic mass is 9.80. The van der Waals surface area contributed by atoms with Gasteiger partial charge in [0.05, 0.1) is 7.11 Å². The Balaban J connectivity index is 0.000000671. The summed E-state index contributed by atoms with van der Waals surface area (Å²) in [7, 11) is 0.0208. The largest absolute Gasteiger partial charge is 0.497 e. The first-order valence-electron chi connectivity index (χ1n) is 4.24. The molecule has 1 aromatic carbocycles. The molecule has 0 spiro atoms. The van der Waals surface area contributed by atoms with Gasteiger partial charge in [0.2, 0.25) is 0 Å². The molecule has 0 radical (unpaired) electrons. The highest BCUT2D eigenvalue weighted by Crippen LogP contribution is 2.04. The molecule has 0 heterocycles. The number of methoxy groups -OCH3 is 1. The Hall–Kier alpha value is -0.995. The molecule has 0 bridgehead atoms. The van der Waals surface area contributed by atoms with Gasteiger partial charge in [-0.05, 0) is 6.07 Å². The fourth-order valence-electron chi connectivity index (χ4n) is 0.880. The van der Waals surface area contributed by atoms with Crippen molar-refractivity contribution in [1.82, 2.24) is 0 Å². The SMILES string of the molecule is CC.COc1ccccc1B(O)O. The molecule has 4 heteroatoms. The van der Waals surface area contributed by atoms with Crippen LogP contribution in [0.5, 0.6) is 5.75 Å². The Bertz CT molecular complexity index is 238. The Labute approximate surface area is 79.1 Å². The van der Waals surface area contributed by atoms with Gasteiger partial charge >= 0.3 is 7.12 Å². The molecule has 0 fully saturated rings. The van der Waals surface area contributed by atoms with E-state index in [9.17, 15) is 0 Å². The molecule has 0 saturated carbocycles.